The van der Waals surface area contributed by atoms with Crippen molar-refractivity contribution in [1.82, 2.24) is 25.3 Å². The molecule has 3 rings (SSSR count). The van der Waals surface area contributed by atoms with Crippen molar-refractivity contribution in [1.29, 1.82) is 0 Å². The maximum absolute atomic E-state index is 12.3. The van der Waals surface area contributed by atoms with E-state index in [2.05, 4.69) is 44.2 Å². The highest BCUT2D eigenvalue weighted by Crippen LogP contribution is 2.16. The Hall–Kier alpha value is -2.48. The number of carbonyl (C=O) groups is 1. The van der Waals surface area contributed by atoms with Gasteiger partial charge < -0.3 is 19.6 Å². The molecule has 0 bridgehead atoms. The molecule has 0 radical (unpaired) electrons. The Morgan fingerprint density at radius 2 is 2.19 bits per heavy atom. The lowest BCUT2D eigenvalue weighted by molar-refractivity contribution is 0.0949. The van der Waals surface area contributed by atoms with Gasteiger partial charge in [0, 0.05) is 37.8 Å². The summed E-state index contributed by atoms with van der Waals surface area (Å²) in [6.45, 7) is 9.27. The van der Waals surface area contributed by atoms with Crippen LogP contribution in [0.3, 0.4) is 0 Å². The number of nitrogens with zero attached hydrogens (tertiary/aromatic N) is 5. The number of nitrogens with one attached hydrogen (secondary N) is 1. The molecule has 1 fully saturated rings. The molecule has 8 nitrogen and oxygen atoms in total. The molecular formula is C18H26N6O2. The molecule has 2 aromatic heterocycles. The minimum atomic E-state index is -0.202. The van der Waals surface area contributed by atoms with Crippen molar-refractivity contribution in [2.45, 2.75) is 39.3 Å². The average molecular weight is 358 g/mol. The standard InChI is InChI=1S/C18H26N6O2/c1-12(2)18-21-15(22-26-18)10-20-17(25)14-5-6-16(19-9-14)24-8-7-23(4)13(3)11-24/h5-6,9,12-13H,7-8,10-11H2,1-4H3,(H,20,25). The molecule has 8 heteroatoms. The number of hydrogen-bond donors (Lipinski definition) is 1. The predicted molar refractivity (Wildman–Crippen MR) is 98.1 cm³/mol. The minimum Gasteiger partial charge on any atom is -0.354 e. The summed E-state index contributed by atoms with van der Waals surface area (Å²) in [4.78, 5) is 25.6. The molecule has 1 saturated heterocycles. The SMILES string of the molecule is CC(C)c1nc(CNC(=O)c2ccc(N3CCN(C)C(C)C3)nc2)no1. The Morgan fingerprint density at radius 1 is 1.38 bits per heavy atom. The zero-order valence-electron chi connectivity index (χ0n) is 15.8. The molecule has 2 aromatic rings. The fraction of sp³-hybridized carbons (Fsp3) is 0.556. The fourth-order valence-corrected chi connectivity index (χ4v) is 2.80. The molecule has 1 aliphatic heterocycles. The molecule has 0 saturated carbocycles. The highest BCUT2D eigenvalue weighted by molar-refractivity contribution is 5.93. The molecule has 3 heterocycles. The second-order valence-electron chi connectivity index (χ2n) is 7.07. The zero-order valence-corrected chi connectivity index (χ0v) is 15.8. The summed E-state index contributed by atoms with van der Waals surface area (Å²) in [5.41, 5.74) is 0.517. The zero-order chi connectivity index (χ0) is 18.7. The molecule has 0 aliphatic carbocycles. The van der Waals surface area contributed by atoms with Crippen LogP contribution < -0.4 is 10.2 Å². The highest BCUT2D eigenvalue weighted by atomic mass is 16.5. The van der Waals surface area contributed by atoms with E-state index in [1.807, 2.05) is 19.9 Å². The van der Waals surface area contributed by atoms with E-state index in [0.717, 1.165) is 25.5 Å². The Labute approximate surface area is 153 Å². The second-order valence-corrected chi connectivity index (χ2v) is 7.07. The van der Waals surface area contributed by atoms with Crippen LogP contribution in [0.4, 0.5) is 5.82 Å². The smallest absolute Gasteiger partial charge is 0.253 e. The minimum absolute atomic E-state index is 0.168. The first-order chi connectivity index (χ1) is 12.4. The van der Waals surface area contributed by atoms with Crippen LogP contribution in [0.2, 0.25) is 0 Å². The van der Waals surface area contributed by atoms with E-state index in [1.54, 1.807) is 12.3 Å². The first kappa shape index (κ1) is 18.3. The van der Waals surface area contributed by atoms with E-state index in [0.29, 0.717) is 23.3 Å². The van der Waals surface area contributed by atoms with Crippen molar-refractivity contribution in [3.63, 3.8) is 0 Å². The first-order valence-electron chi connectivity index (χ1n) is 8.96. The molecule has 0 aromatic carbocycles. The van der Waals surface area contributed by atoms with Gasteiger partial charge in [-0.25, -0.2) is 4.98 Å². The maximum atomic E-state index is 12.3. The molecule has 1 N–H and O–H groups in total. The van der Waals surface area contributed by atoms with Gasteiger partial charge in [0.1, 0.15) is 5.82 Å². The topological polar surface area (TPSA) is 87.4 Å². The van der Waals surface area contributed by atoms with Crippen molar-refractivity contribution >= 4 is 11.7 Å². The molecular weight excluding hydrogens is 332 g/mol. The van der Waals surface area contributed by atoms with Crippen molar-refractivity contribution in [2.75, 3.05) is 31.6 Å². The van der Waals surface area contributed by atoms with E-state index >= 15 is 0 Å². The van der Waals surface area contributed by atoms with Gasteiger partial charge in [-0.15, -0.1) is 0 Å². The van der Waals surface area contributed by atoms with Crippen LogP contribution in [0.5, 0.6) is 0 Å². The third-order valence-electron chi connectivity index (χ3n) is 4.68. The lowest BCUT2D eigenvalue weighted by atomic mass is 10.2. The molecule has 1 amide bonds. The Balaban J connectivity index is 1.56. The summed E-state index contributed by atoms with van der Waals surface area (Å²) in [5, 5.41) is 6.66. The van der Waals surface area contributed by atoms with Crippen LogP contribution >= 0.6 is 0 Å². The molecule has 1 aliphatic rings. The van der Waals surface area contributed by atoms with Gasteiger partial charge in [-0.05, 0) is 26.1 Å². The van der Waals surface area contributed by atoms with Gasteiger partial charge in [-0.2, -0.15) is 4.98 Å². The van der Waals surface area contributed by atoms with E-state index in [9.17, 15) is 4.79 Å². The van der Waals surface area contributed by atoms with Crippen LogP contribution in [0, 0.1) is 0 Å². The summed E-state index contributed by atoms with van der Waals surface area (Å²) in [6, 6.07) is 4.19. The summed E-state index contributed by atoms with van der Waals surface area (Å²) < 4.78 is 5.13. The largest absolute Gasteiger partial charge is 0.354 e. The van der Waals surface area contributed by atoms with Crippen LogP contribution in [0.25, 0.3) is 0 Å². The number of carbonyl (C=O) groups excluding carboxylic acids is 1. The lowest BCUT2D eigenvalue weighted by Gasteiger charge is -2.38. The third-order valence-corrected chi connectivity index (χ3v) is 4.68. The van der Waals surface area contributed by atoms with Crippen LogP contribution in [-0.4, -0.2) is 58.7 Å². The van der Waals surface area contributed by atoms with Crippen molar-refractivity contribution in [3.8, 4) is 0 Å². The van der Waals surface area contributed by atoms with Crippen LogP contribution in [0.1, 0.15) is 48.8 Å². The van der Waals surface area contributed by atoms with E-state index in [-0.39, 0.29) is 18.4 Å². The monoisotopic (exact) mass is 358 g/mol. The van der Waals surface area contributed by atoms with Crippen molar-refractivity contribution in [3.05, 3.63) is 35.6 Å². The van der Waals surface area contributed by atoms with Gasteiger partial charge in [-0.1, -0.05) is 19.0 Å². The summed E-state index contributed by atoms with van der Waals surface area (Å²) in [5.74, 6) is 1.91. The molecule has 1 atom stereocenters. The molecule has 140 valence electrons. The number of rotatable bonds is 5. The third kappa shape index (κ3) is 4.19. The van der Waals surface area contributed by atoms with E-state index in [4.69, 9.17) is 4.52 Å². The first-order valence-corrected chi connectivity index (χ1v) is 8.96. The molecule has 1 unspecified atom stereocenters. The normalized spacial score (nSPS) is 18.3. The predicted octanol–water partition coefficient (Wildman–Crippen LogP) is 1.66. The van der Waals surface area contributed by atoms with Gasteiger partial charge in [0.25, 0.3) is 5.91 Å². The summed E-state index contributed by atoms with van der Waals surface area (Å²) in [7, 11) is 2.14. The van der Waals surface area contributed by atoms with Gasteiger partial charge in [-0.3, -0.25) is 4.79 Å². The summed E-state index contributed by atoms with van der Waals surface area (Å²) in [6.07, 6.45) is 1.61. The Kier molecular flexibility index (Phi) is 5.51. The quantitative estimate of drug-likeness (QED) is 0.869. The van der Waals surface area contributed by atoms with Crippen LogP contribution in [0.15, 0.2) is 22.9 Å². The number of piperazine rings is 1. The van der Waals surface area contributed by atoms with E-state index in [1.165, 1.54) is 0 Å². The van der Waals surface area contributed by atoms with Crippen molar-refractivity contribution in [2.24, 2.45) is 0 Å². The number of amides is 1. The number of aromatic nitrogens is 3. The lowest BCUT2D eigenvalue weighted by Crippen LogP contribution is -2.50. The molecule has 26 heavy (non-hydrogen) atoms. The summed E-state index contributed by atoms with van der Waals surface area (Å²) >= 11 is 0. The highest BCUT2D eigenvalue weighted by Gasteiger charge is 2.21. The van der Waals surface area contributed by atoms with Crippen LogP contribution in [-0.2, 0) is 6.54 Å². The van der Waals surface area contributed by atoms with Gasteiger partial charge in [0.15, 0.2) is 5.82 Å². The van der Waals surface area contributed by atoms with Gasteiger partial charge in [0.2, 0.25) is 5.89 Å². The molecule has 0 spiro atoms. The number of anilines is 1. The van der Waals surface area contributed by atoms with Crippen molar-refractivity contribution < 1.29 is 9.32 Å². The van der Waals surface area contributed by atoms with Gasteiger partial charge in [0.05, 0.1) is 12.1 Å². The number of likely N-dealkylation sites (N-methyl/N-ethyl adjacent to an activating group) is 1. The average Bonchev–Trinajstić information content (AvgIpc) is 3.11. The van der Waals surface area contributed by atoms with E-state index < -0.39 is 0 Å². The fourth-order valence-electron chi connectivity index (χ4n) is 2.80. The number of pyridine rings is 1. The Morgan fingerprint density at radius 3 is 2.81 bits per heavy atom. The Bertz CT molecular complexity index is 742. The second kappa shape index (κ2) is 7.82. The maximum Gasteiger partial charge on any atom is 0.253 e. The number of hydrogen-bond acceptors (Lipinski definition) is 7. The van der Waals surface area contributed by atoms with Gasteiger partial charge >= 0.3 is 0 Å².